The summed E-state index contributed by atoms with van der Waals surface area (Å²) < 4.78 is 38.9. The monoisotopic (exact) mass is 326 g/mol. The Morgan fingerprint density at radius 3 is 2.74 bits per heavy atom. The second-order valence-electron chi connectivity index (χ2n) is 5.36. The zero-order valence-electron chi connectivity index (χ0n) is 12.8. The van der Waals surface area contributed by atoms with Crippen LogP contribution in [0.25, 0.3) is 11.4 Å². The lowest BCUT2D eigenvalue weighted by molar-refractivity contribution is -0.143. The van der Waals surface area contributed by atoms with Crippen LogP contribution in [0.4, 0.5) is 13.2 Å². The number of hydrogen-bond acceptors (Lipinski definition) is 3. The van der Waals surface area contributed by atoms with Gasteiger partial charge in [0.15, 0.2) is 5.82 Å². The van der Waals surface area contributed by atoms with E-state index in [1.54, 1.807) is 6.07 Å². The fourth-order valence-electron chi connectivity index (χ4n) is 2.06. The van der Waals surface area contributed by atoms with Crippen LogP contribution in [0.15, 0.2) is 34.8 Å². The lowest BCUT2D eigenvalue weighted by Gasteiger charge is -2.08. The van der Waals surface area contributed by atoms with Crippen molar-refractivity contribution in [1.29, 1.82) is 0 Å². The Kier molecular flexibility index (Phi) is 5.02. The average molecular weight is 326 g/mol. The van der Waals surface area contributed by atoms with E-state index in [1.165, 1.54) is 12.3 Å². The minimum Gasteiger partial charge on any atom is -0.328 e. The van der Waals surface area contributed by atoms with Gasteiger partial charge in [-0.25, -0.2) is 9.67 Å². The van der Waals surface area contributed by atoms with Crippen molar-refractivity contribution in [2.45, 2.75) is 39.4 Å². The SMILES string of the molecule is CC(C)=CCCc1nc(-c2ccc[nH]c2=O)nn1CC(F)(F)F. The van der Waals surface area contributed by atoms with E-state index in [-0.39, 0.29) is 17.2 Å². The van der Waals surface area contributed by atoms with Crippen LogP contribution >= 0.6 is 0 Å². The zero-order chi connectivity index (χ0) is 17.0. The summed E-state index contributed by atoms with van der Waals surface area (Å²) in [6.07, 6.45) is -0.169. The van der Waals surface area contributed by atoms with E-state index < -0.39 is 18.3 Å². The molecule has 0 radical (unpaired) electrons. The summed E-state index contributed by atoms with van der Waals surface area (Å²) in [4.78, 5) is 18.3. The van der Waals surface area contributed by atoms with Gasteiger partial charge < -0.3 is 4.98 Å². The van der Waals surface area contributed by atoms with Crippen LogP contribution in [-0.2, 0) is 13.0 Å². The molecule has 0 bridgehead atoms. The highest BCUT2D eigenvalue weighted by Crippen LogP contribution is 2.20. The fourth-order valence-corrected chi connectivity index (χ4v) is 2.06. The van der Waals surface area contributed by atoms with Crippen LogP contribution < -0.4 is 5.56 Å². The Bertz CT molecular complexity index is 755. The highest BCUT2D eigenvalue weighted by atomic mass is 19.4. The van der Waals surface area contributed by atoms with E-state index in [0.717, 1.165) is 10.3 Å². The fraction of sp³-hybridized carbons (Fsp3) is 0.400. The quantitative estimate of drug-likeness (QED) is 0.859. The third-order valence-corrected chi connectivity index (χ3v) is 3.06. The third-order valence-electron chi connectivity index (χ3n) is 3.06. The Balaban J connectivity index is 2.37. The number of H-pyrrole nitrogens is 1. The Labute approximate surface area is 130 Å². The van der Waals surface area contributed by atoms with Gasteiger partial charge in [-0.3, -0.25) is 4.79 Å². The van der Waals surface area contributed by atoms with Crippen molar-refractivity contribution >= 4 is 0 Å². The lowest BCUT2D eigenvalue weighted by Crippen LogP contribution is -2.20. The second kappa shape index (κ2) is 6.80. The Morgan fingerprint density at radius 2 is 2.13 bits per heavy atom. The van der Waals surface area contributed by atoms with Gasteiger partial charge >= 0.3 is 6.18 Å². The standard InChI is InChI=1S/C15H17F3N4O/c1-10(2)5-3-7-12-20-13(11-6-4-8-19-14(11)23)21-22(12)9-15(16,17)18/h4-6,8H,3,7,9H2,1-2H3,(H,19,23). The number of pyridine rings is 1. The van der Waals surface area contributed by atoms with Gasteiger partial charge in [-0.2, -0.15) is 18.3 Å². The highest BCUT2D eigenvalue weighted by molar-refractivity contribution is 5.52. The number of aromatic amines is 1. The van der Waals surface area contributed by atoms with Crippen LogP contribution in [0.5, 0.6) is 0 Å². The van der Waals surface area contributed by atoms with E-state index in [9.17, 15) is 18.0 Å². The van der Waals surface area contributed by atoms with Crippen LogP contribution in [0.3, 0.4) is 0 Å². The lowest BCUT2D eigenvalue weighted by atomic mass is 10.2. The average Bonchev–Trinajstić information content (AvgIpc) is 2.79. The van der Waals surface area contributed by atoms with Gasteiger partial charge in [0, 0.05) is 12.6 Å². The van der Waals surface area contributed by atoms with Crippen molar-refractivity contribution in [3.8, 4) is 11.4 Å². The minimum absolute atomic E-state index is 0.00306. The smallest absolute Gasteiger partial charge is 0.328 e. The number of aromatic nitrogens is 4. The van der Waals surface area contributed by atoms with E-state index in [0.29, 0.717) is 12.8 Å². The van der Waals surface area contributed by atoms with Gasteiger partial charge in [0.2, 0.25) is 0 Å². The Hall–Kier alpha value is -2.38. The van der Waals surface area contributed by atoms with Crippen molar-refractivity contribution in [1.82, 2.24) is 19.7 Å². The molecule has 2 rings (SSSR count). The topological polar surface area (TPSA) is 63.6 Å². The van der Waals surface area contributed by atoms with E-state index in [1.807, 2.05) is 19.9 Å². The number of alkyl halides is 3. The first-order chi connectivity index (χ1) is 10.8. The number of allylic oxidation sites excluding steroid dienone is 2. The van der Waals surface area contributed by atoms with Gasteiger partial charge in [-0.1, -0.05) is 11.6 Å². The summed E-state index contributed by atoms with van der Waals surface area (Å²) in [7, 11) is 0. The maximum Gasteiger partial charge on any atom is 0.408 e. The summed E-state index contributed by atoms with van der Waals surface area (Å²) >= 11 is 0. The summed E-state index contributed by atoms with van der Waals surface area (Å²) in [5, 5.41) is 3.87. The van der Waals surface area contributed by atoms with E-state index in [4.69, 9.17) is 0 Å². The van der Waals surface area contributed by atoms with Gasteiger partial charge in [0.1, 0.15) is 12.4 Å². The number of rotatable bonds is 5. The molecule has 0 saturated carbocycles. The molecule has 0 fully saturated rings. The molecule has 5 nitrogen and oxygen atoms in total. The van der Waals surface area contributed by atoms with Crippen molar-refractivity contribution < 1.29 is 13.2 Å². The highest BCUT2D eigenvalue weighted by Gasteiger charge is 2.30. The van der Waals surface area contributed by atoms with Crippen LogP contribution in [0.1, 0.15) is 26.1 Å². The summed E-state index contributed by atoms with van der Waals surface area (Å²) in [5.41, 5.74) is 0.788. The Morgan fingerprint density at radius 1 is 1.39 bits per heavy atom. The van der Waals surface area contributed by atoms with Gasteiger partial charge in [0.05, 0.1) is 5.56 Å². The molecule has 0 spiro atoms. The van der Waals surface area contributed by atoms with E-state index in [2.05, 4.69) is 15.1 Å². The molecule has 23 heavy (non-hydrogen) atoms. The number of nitrogens with zero attached hydrogens (tertiary/aromatic N) is 3. The second-order valence-corrected chi connectivity index (χ2v) is 5.36. The number of hydrogen-bond donors (Lipinski definition) is 1. The van der Waals surface area contributed by atoms with E-state index >= 15 is 0 Å². The summed E-state index contributed by atoms with van der Waals surface area (Å²) in [6, 6.07) is 3.05. The molecule has 0 aliphatic carbocycles. The third kappa shape index (κ3) is 4.80. The predicted octanol–water partition coefficient (Wildman–Crippen LogP) is 3.09. The molecule has 0 aliphatic heterocycles. The predicted molar refractivity (Wildman–Crippen MR) is 79.9 cm³/mol. The van der Waals surface area contributed by atoms with Crippen molar-refractivity contribution in [2.75, 3.05) is 0 Å². The van der Waals surface area contributed by atoms with Crippen molar-refractivity contribution in [3.05, 3.63) is 46.2 Å². The van der Waals surface area contributed by atoms with Crippen molar-refractivity contribution in [2.24, 2.45) is 0 Å². The molecule has 2 heterocycles. The number of halogens is 3. The number of aryl methyl sites for hydroxylation is 1. The van der Waals surface area contributed by atoms with Crippen molar-refractivity contribution in [3.63, 3.8) is 0 Å². The molecule has 0 aliphatic rings. The first-order valence-corrected chi connectivity index (χ1v) is 7.08. The summed E-state index contributed by atoms with van der Waals surface area (Å²) in [6.45, 7) is 2.60. The molecule has 0 amide bonds. The van der Waals surface area contributed by atoms with Gasteiger partial charge in [-0.05, 0) is 32.4 Å². The first-order valence-electron chi connectivity index (χ1n) is 7.08. The van der Waals surface area contributed by atoms with Crippen LogP contribution in [0, 0.1) is 0 Å². The van der Waals surface area contributed by atoms with Crippen LogP contribution in [-0.4, -0.2) is 25.9 Å². The molecule has 0 unspecified atom stereocenters. The first kappa shape index (κ1) is 17.0. The molecule has 8 heteroatoms. The molecule has 2 aromatic heterocycles. The molecule has 0 saturated heterocycles. The molecule has 2 aromatic rings. The molecule has 0 aromatic carbocycles. The largest absolute Gasteiger partial charge is 0.408 e. The molecule has 124 valence electrons. The molecule has 0 atom stereocenters. The molecular formula is C15H17F3N4O. The summed E-state index contributed by atoms with van der Waals surface area (Å²) in [5.74, 6) is 0.210. The van der Waals surface area contributed by atoms with Crippen LogP contribution in [0.2, 0.25) is 0 Å². The van der Waals surface area contributed by atoms with Gasteiger partial charge in [-0.15, -0.1) is 0 Å². The minimum atomic E-state index is -4.40. The maximum absolute atomic E-state index is 12.7. The molecule has 1 N–H and O–H groups in total. The maximum atomic E-state index is 12.7. The normalized spacial score (nSPS) is 11.5. The molecular weight excluding hydrogens is 309 g/mol. The van der Waals surface area contributed by atoms with Gasteiger partial charge in [0.25, 0.3) is 5.56 Å². The number of nitrogens with one attached hydrogen (secondary N) is 1. The zero-order valence-corrected chi connectivity index (χ0v) is 12.8.